The normalized spacial score (nSPS) is 16.0. The summed E-state index contributed by atoms with van der Waals surface area (Å²) in [6, 6.07) is 10.5. The Morgan fingerprint density at radius 1 is 1.19 bits per heavy atom. The average Bonchev–Trinajstić information content (AvgIpc) is 3.15. The summed E-state index contributed by atoms with van der Waals surface area (Å²) in [4.78, 5) is 28.4. The van der Waals surface area contributed by atoms with Crippen LogP contribution >= 0.6 is 0 Å². The third kappa shape index (κ3) is 4.59. The molecule has 0 atom stereocenters. The molecule has 31 heavy (non-hydrogen) atoms. The van der Waals surface area contributed by atoms with E-state index in [1.54, 1.807) is 6.92 Å². The molecule has 0 aliphatic carbocycles. The van der Waals surface area contributed by atoms with Gasteiger partial charge < -0.3 is 9.64 Å². The van der Waals surface area contributed by atoms with Crippen LogP contribution in [-0.2, 0) is 29.0 Å². The van der Waals surface area contributed by atoms with Crippen molar-refractivity contribution in [3.63, 3.8) is 0 Å². The number of fused-ring (bicyclic) bond motifs is 1. The molecule has 0 radical (unpaired) electrons. The van der Waals surface area contributed by atoms with Crippen LogP contribution in [0, 0.1) is 24.1 Å². The molecule has 4 rings (SSSR count). The van der Waals surface area contributed by atoms with Crippen LogP contribution in [0.4, 0.5) is 4.39 Å². The molecule has 0 N–H and O–H groups in total. The van der Waals surface area contributed by atoms with E-state index in [4.69, 9.17) is 10.00 Å². The first-order valence-corrected chi connectivity index (χ1v) is 10.4. The van der Waals surface area contributed by atoms with Gasteiger partial charge in [-0.25, -0.2) is 9.18 Å². The van der Waals surface area contributed by atoms with Gasteiger partial charge in [0.05, 0.1) is 17.5 Å². The number of ether oxygens (including phenoxy) is 1. The Labute approximate surface area is 180 Å². The van der Waals surface area contributed by atoms with Crippen molar-refractivity contribution in [1.29, 1.82) is 5.26 Å². The molecule has 1 amide bonds. The maximum Gasteiger partial charge on any atom is 0.338 e. The van der Waals surface area contributed by atoms with Gasteiger partial charge in [0.25, 0.3) is 0 Å². The number of nitriles is 1. The minimum Gasteiger partial charge on any atom is -0.457 e. The number of nitrogens with zero attached hydrogens (tertiary/aromatic N) is 3. The highest BCUT2D eigenvalue weighted by Crippen LogP contribution is 2.21. The first kappa shape index (κ1) is 21.0. The Balaban J connectivity index is 1.27. The SMILES string of the molecule is Cc1cc(C#N)c(F)cc1CC(=O)N1CCN(CCc2ccc3c(c2)COC3=O)CC1. The summed E-state index contributed by atoms with van der Waals surface area (Å²) in [5, 5.41) is 8.92. The molecular weight excluding hydrogens is 397 g/mol. The zero-order valence-corrected chi connectivity index (χ0v) is 17.5. The van der Waals surface area contributed by atoms with Gasteiger partial charge in [-0.05, 0) is 48.2 Å². The first-order valence-electron chi connectivity index (χ1n) is 10.4. The summed E-state index contributed by atoms with van der Waals surface area (Å²) in [5.41, 5.74) is 4.17. The van der Waals surface area contributed by atoms with Crippen molar-refractivity contribution >= 4 is 11.9 Å². The standard InChI is InChI=1S/C24H24FN3O3/c1-16-10-19(14-26)22(25)12-18(16)13-23(29)28-8-6-27(7-9-28)5-4-17-2-3-21-20(11-17)15-31-24(21)30/h2-3,10-12H,4-9,13,15H2,1H3. The smallest absolute Gasteiger partial charge is 0.338 e. The second-order valence-corrected chi connectivity index (χ2v) is 8.09. The van der Waals surface area contributed by atoms with E-state index >= 15 is 0 Å². The number of hydrogen-bond donors (Lipinski definition) is 0. The summed E-state index contributed by atoms with van der Waals surface area (Å²) in [6.07, 6.45) is 1.02. The predicted molar refractivity (Wildman–Crippen MR) is 112 cm³/mol. The molecule has 0 saturated carbocycles. The predicted octanol–water partition coefficient (Wildman–Crippen LogP) is 2.61. The lowest BCUT2D eigenvalue weighted by molar-refractivity contribution is -0.132. The molecule has 2 aromatic rings. The van der Waals surface area contributed by atoms with Gasteiger partial charge in [0.2, 0.25) is 5.91 Å². The Hall–Kier alpha value is -3.24. The van der Waals surface area contributed by atoms with Crippen molar-refractivity contribution in [3.05, 3.63) is 69.5 Å². The molecule has 2 aliphatic heterocycles. The van der Waals surface area contributed by atoms with Gasteiger partial charge in [-0.15, -0.1) is 0 Å². The van der Waals surface area contributed by atoms with Gasteiger partial charge >= 0.3 is 5.97 Å². The first-order chi connectivity index (χ1) is 14.9. The number of rotatable bonds is 5. The Kier molecular flexibility index (Phi) is 6.01. The number of piperazine rings is 1. The molecule has 0 spiro atoms. The summed E-state index contributed by atoms with van der Waals surface area (Å²) in [6.45, 7) is 5.90. The van der Waals surface area contributed by atoms with Gasteiger partial charge in [-0.2, -0.15) is 5.26 Å². The number of cyclic esters (lactones) is 1. The van der Waals surface area contributed by atoms with Gasteiger partial charge in [0.1, 0.15) is 18.5 Å². The van der Waals surface area contributed by atoms with E-state index < -0.39 is 5.82 Å². The zero-order chi connectivity index (χ0) is 22.0. The van der Waals surface area contributed by atoms with Gasteiger partial charge in [-0.3, -0.25) is 9.69 Å². The number of hydrogen-bond acceptors (Lipinski definition) is 5. The van der Waals surface area contributed by atoms with E-state index in [1.807, 2.05) is 29.2 Å². The Morgan fingerprint density at radius 2 is 1.97 bits per heavy atom. The molecule has 0 aromatic heterocycles. The van der Waals surface area contributed by atoms with Gasteiger partial charge in [-0.1, -0.05) is 12.1 Å². The van der Waals surface area contributed by atoms with Crippen molar-refractivity contribution < 1.29 is 18.7 Å². The lowest BCUT2D eigenvalue weighted by Crippen LogP contribution is -2.49. The van der Waals surface area contributed by atoms with Crippen molar-refractivity contribution in [1.82, 2.24) is 9.80 Å². The lowest BCUT2D eigenvalue weighted by atomic mass is 10.0. The van der Waals surface area contributed by atoms with Crippen LogP contribution in [0.5, 0.6) is 0 Å². The van der Waals surface area contributed by atoms with Crippen molar-refractivity contribution in [2.24, 2.45) is 0 Å². The van der Waals surface area contributed by atoms with Crippen LogP contribution in [0.15, 0.2) is 30.3 Å². The number of esters is 1. The van der Waals surface area contributed by atoms with Gasteiger partial charge in [0.15, 0.2) is 0 Å². The molecule has 1 fully saturated rings. The second-order valence-electron chi connectivity index (χ2n) is 8.09. The molecule has 160 valence electrons. The van der Waals surface area contributed by atoms with E-state index in [0.717, 1.165) is 37.2 Å². The van der Waals surface area contributed by atoms with Crippen LogP contribution in [0.3, 0.4) is 0 Å². The third-order valence-corrected chi connectivity index (χ3v) is 6.08. The van der Waals surface area contributed by atoms with Crippen LogP contribution in [-0.4, -0.2) is 54.4 Å². The second kappa shape index (κ2) is 8.86. The molecule has 2 heterocycles. The fourth-order valence-corrected chi connectivity index (χ4v) is 4.12. The third-order valence-electron chi connectivity index (χ3n) is 6.08. The van der Waals surface area contributed by atoms with E-state index in [1.165, 1.54) is 17.7 Å². The molecule has 0 bridgehead atoms. The van der Waals surface area contributed by atoms with Crippen LogP contribution < -0.4 is 0 Å². The highest BCUT2D eigenvalue weighted by molar-refractivity contribution is 5.93. The molecular formula is C24H24FN3O3. The summed E-state index contributed by atoms with van der Waals surface area (Å²) < 4.78 is 19.0. The monoisotopic (exact) mass is 421 g/mol. The minimum absolute atomic E-state index is 0.00445. The quantitative estimate of drug-likeness (QED) is 0.694. The summed E-state index contributed by atoms with van der Waals surface area (Å²) in [7, 11) is 0. The average molecular weight is 421 g/mol. The number of benzene rings is 2. The van der Waals surface area contributed by atoms with Crippen molar-refractivity contribution in [3.8, 4) is 6.07 Å². The van der Waals surface area contributed by atoms with E-state index in [0.29, 0.717) is 30.8 Å². The number of carbonyl (C=O) groups is 2. The number of aryl methyl sites for hydroxylation is 1. The maximum atomic E-state index is 13.9. The lowest BCUT2D eigenvalue weighted by Gasteiger charge is -2.35. The highest BCUT2D eigenvalue weighted by Gasteiger charge is 2.23. The molecule has 2 aromatic carbocycles. The summed E-state index contributed by atoms with van der Waals surface area (Å²) in [5.74, 6) is -0.848. The van der Waals surface area contributed by atoms with Crippen LogP contribution in [0.1, 0.15) is 38.2 Å². The maximum absolute atomic E-state index is 13.9. The minimum atomic E-state index is -0.580. The van der Waals surface area contributed by atoms with E-state index in [2.05, 4.69) is 4.90 Å². The fraction of sp³-hybridized carbons (Fsp3) is 0.375. The number of carbonyl (C=O) groups excluding carboxylic acids is 2. The van der Waals surface area contributed by atoms with E-state index in [-0.39, 0.29) is 23.9 Å². The number of halogens is 1. The molecule has 6 nitrogen and oxygen atoms in total. The van der Waals surface area contributed by atoms with Crippen molar-refractivity contribution in [2.45, 2.75) is 26.4 Å². The van der Waals surface area contributed by atoms with Crippen molar-refractivity contribution in [2.75, 3.05) is 32.7 Å². The Bertz CT molecular complexity index is 1070. The molecule has 2 aliphatic rings. The van der Waals surface area contributed by atoms with Crippen LogP contribution in [0.2, 0.25) is 0 Å². The largest absolute Gasteiger partial charge is 0.457 e. The zero-order valence-electron chi connectivity index (χ0n) is 17.5. The molecule has 1 saturated heterocycles. The highest BCUT2D eigenvalue weighted by atomic mass is 19.1. The van der Waals surface area contributed by atoms with E-state index in [9.17, 15) is 14.0 Å². The summed E-state index contributed by atoms with van der Waals surface area (Å²) >= 11 is 0. The molecule has 7 heteroatoms. The number of amides is 1. The van der Waals surface area contributed by atoms with Gasteiger partial charge in [0, 0.05) is 38.3 Å². The molecule has 0 unspecified atom stereocenters. The Morgan fingerprint density at radius 3 is 2.71 bits per heavy atom. The fourth-order valence-electron chi connectivity index (χ4n) is 4.12. The topological polar surface area (TPSA) is 73.6 Å². The van der Waals surface area contributed by atoms with Crippen LogP contribution in [0.25, 0.3) is 0 Å².